The summed E-state index contributed by atoms with van der Waals surface area (Å²) in [5.74, 6) is 0.137. The monoisotopic (exact) mass is 434 g/mol. The van der Waals surface area contributed by atoms with Crippen molar-refractivity contribution in [3.05, 3.63) is 64.2 Å². The Hall–Kier alpha value is -3.14. The molecule has 156 valence electrons. The van der Waals surface area contributed by atoms with Gasteiger partial charge in [0.1, 0.15) is 6.04 Å². The first-order chi connectivity index (χ1) is 14.3. The molecule has 0 fully saturated rings. The number of rotatable bonds is 4. The van der Waals surface area contributed by atoms with Gasteiger partial charge in [0.25, 0.3) is 0 Å². The summed E-state index contributed by atoms with van der Waals surface area (Å²) in [6.45, 7) is 3.46. The lowest BCUT2D eigenvalue weighted by Crippen LogP contribution is -2.30. The Bertz CT molecular complexity index is 1120. The van der Waals surface area contributed by atoms with Gasteiger partial charge in [-0.1, -0.05) is 18.2 Å². The third-order valence-corrected chi connectivity index (χ3v) is 5.48. The van der Waals surface area contributed by atoms with E-state index in [2.05, 4.69) is 15.4 Å². The van der Waals surface area contributed by atoms with Gasteiger partial charge in [-0.15, -0.1) is 16.4 Å². The molecule has 1 aliphatic rings. The van der Waals surface area contributed by atoms with Gasteiger partial charge < -0.3 is 10.1 Å². The Balaban J connectivity index is 1.89. The van der Waals surface area contributed by atoms with E-state index in [1.54, 1.807) is 13.8 Å². The SMILES string of the molecule is CCOC(=O)C1=C(C)Nc2nc(-c3cccs3)nn2[C@@H]1c1cccc(C(F)(F)F)c1. The molecular weight excluding hydrogens is 417 g/mol. The Morgan fingerprint density at radius 2 is 2.10 bits per heavy atom. The van der Waals surface area contributed by atoms with E-state index in [1.807, 2.05) is 17.5 Å². The molecule has 0 bridgehead atoms. The number of halogens is 3. The van der Waals surface area contributed by atoms with Gasteiger partial charge in [0, 0.05) is 5.70 Å². The van der Waals surface area contributed by atoms with E-state index in [-0.39, 0.29) is 17.7 Å². The fraction of sp³-hybridized carbons (Fsp3) is 0.250. The number of esters is 1. The number of thiophene rings is 1. The summed E-state index contributed by atoms with van der Waals surface area (Å²) in [6.07, 6.45) is -4.51. The molecule has 1 aliphatic heterocycles. The van der Waals surface area contributed by atoms with Gasteiger partial charge in [-0.3, -0.25) is 0 Å². The lowest BCUT2D eigenvalue weighted by molar-refractivity contribution is -0.139. The normalized spacial score (nSPS) is 16.2. The number of hydrogen-bond acceptors (Lipinski definition) is 6. The quantitative estimate of drug-likeness (QED) is 0.593. The lowest BCUT2D eigenvalue weighted by atomic mass is 9.94. The molecule has 1 aromatic carbocycles. The summed E-state index contributed by atoms with van der Waals surface area (Å²) in [7, 11) is 0. The Morgan fingerprint density at radius 1 is 1.30 bits per heavy atom. The molecule has 6 nitrogen and oxygen atoms in total. The Labute approximate surface area is 174 Å². The number of nitrogens with one attached hydrogen (secondary N) is 1. The van der Waals surface area contributed by atoms with E-state index in [4.69, 9.17) is 4.74 Å². The minimum atomic E-state index is -4.51. The number of alkyl halides is 3. The second-order valence-corrected chi connectivity index (χ2v) is 7.54. The number of ether oxygens (including phenoxy) is 1. The number of hydrogen-bond donors (Lipinski definition) is 1. The molecule has 0 saturated heterocycles. The molecule has 2 aromatic heterocycles. The zero-order chi connectivity index (χ0) is 21.5. The molecule has 1 N–H and O–H groups in total. The van der Waals surface area contributed by atoms with E-state index < -0.39 is 23.8 Å². The highest BCUT2D eigenvalue weighted by Gasteiger charge is 2.37. The maximum absolute atomic E-state index is 13.3. The zero-order valence-corrected chi connectivity index (χ0v) is 16.8. The zero-order valence-electron chi connectivity index (χ0n) is 16.0. The molecule has 0 unspecified atom stereocenters. The van der Waals surface area contributed by atoms with E-state index in [9.17, 15) is 18.0 Å². The summed E-state index contributed by atoms with van der Waals surface area (Å²) in [5, 5.41) is 9.40. The molecule has 0 radical (unpaired) electrons. The van der Waals surface area contributed by atoms with Crippen LogP contribution >= 0.6 is 11.3 Å². The van der Waals surface area contributed by atoms with Crippen molar-refractivity contribution in [2.45, 2.75) is 26.1 Å². The number of allylic oxidation sites excluding steroid dienone is 1. The minimum absolute atomic E-state index is 0.135. The number of carbonyl (C=O) groups is 1. The average Bonchev–Trinajstić information content (AvgIpc) is 3.36. The summed E-state index contributed by atoms with van der Waals surface area (Å²) in [6, 6.07) is 7.65. The molecule has 0 spiro atoms. The average molecular weight is 434 g/mol. The minimum Gasteiger partial charge on any atom is -0.463 e. The van der Waals surface area contributed by atoms with Crippen LogP contribution in [0.2, 0.25) is 0 Å². The number of aromatic nitrogens is 3. The second kappa shape index (κ2) is 7.60. The van der Waals surface area contributed by atoms with Crippen LogP contribution in [0.25, 0.3) is 10.7 Å². The molecule has 3 heterocycles. The largest absolute Gasteiger partial charge is 0.463 e. The molecule has 30 heavy (non-hydrogen) atoms. The fourth-order valence-electron chi connectivity index (χ4n) is 3.33. The van der Waals surface area contributed by atoms with Gasteiger partial charge >= 0.3 is 12.1 Å². The topological polar surface area (TPSA) is 69.0 Å². The van der Waals surface area contributed by atoms with Crippen molar-refractivity contribution in [1.29, 1.82) is 0 Å². The molecule has 0 aliphatic carbocycles. The van der Waals surface area contributed by atoms with Gasteiger partial charge in [-0.25, -0.2) is 9.48 Å². The van der Waals surface area contributed by atoms with Gasteiger partial charge in [-0.05, 0) is 43.0 Å². The van der Waals surface area contributed by atoms with Crippen LogP contribution in [0.4, 0.5) is 19.1 Å². The maximum Gasteiger partial charge on any atom is 0.416 e. The standard InChI is InChI=1S/C20H17F3N4O2S/c1-3-29-18(28)15-11(2)24-19-25-17(14-8-5-9-30-14)26-27(19)16(15)12-6-4-7-13(10-12)20(21,22)23/h4-10,16H,3H2,1-2H3,(H,24,25,26)/t16-/m1/s1. The van der Waals surface area contributed by atoms with Crippen LogP contribution < -0.4 is 5.32 Å². The number of anilines is 1. The van der Waals surface area contributed by atoms with Crippen LogP contribution in [0.15, 0.2) is 53.0 Å². The molecule has 3 aromatic rings. The Kier molecular flexibility index (Phi) is 5.10. The van der Waals surface area contributed by atoms with Crippen molar-refractivity contribution in [1.82, 2.24) is 14.8 Å². The fourth-order valence-corrected chi connectivity index (χ4v) is 3.98. The van der Waals surface area contributed by atoms with Gasteiger partial charge in [0.15, 0.2) is 5.82 Å². The van der Waals surface area contributed by atoms with E-state index in [0.717, 1.165) is 17.0 Å². The summed E-state index contributed by atoms with van der Waals surface area (Å²) < 4.78 is 46.6. The van der Waals surface area contributed by atoms with E-state index >= 15 is 0 Å². The van der Waals surface area contributed by atoms with Crippen LogP contribution in [0, 0.1) is 0 Å². The first-order valence-corrected chi connectivity index (χ1v) is 10.00. The van der Waals surface area contributed by atoms with Crippen molar-refractivity contribution >= 4 is 23.3 Å². The molecular formula is C20H17F3N4O2S. The van der Waals surface area contributed by atoms with Crippen molar-refractivity contribution in [3.8, 4) is 10.7 Å². The van der Waals surface area contributed by atoms with Gasteiger partial charge in [0.2, 0.25) is 5.95 Å². The molecule has 10 heteroatoms. The molecule has 0 saturated carbocycles. The van der Waals surface area contributed by atoms with Gasteiger partial charge in [-0.2, -0.15) is 18.2 Å². The summed E-state index contributed by atoms with van der Waals surface area (Å²) in [4.78, 5) is 18.0. The van der Waals surface area contributed by atoms with E-state index in [1.165, 1.54) is 28.2 Å². The predicted octanol–water partition coefficient (Wildman–Crippen LogP) is 4.88. The van der Waals surface area contributed by atoms with Crippen LogP contribution in [0.3, 0.4) is 0 Å². The van der Waals surface area contributed by atoms with Crippen molar-refractivity contribution in [2.75, 3.05) is 11.9 Å². The summed E-state index contributed by atoms with van der Waals surface area (Å²) in [5.41, 5.74) is 0.0944. The summed E-state index contributed by atoms with van der Waals surface area (Å²) >= 11 is 1.44. The molecule has 1 atom stereocenters. The molecule has 4 rings (SSSR count). The third kappa shape index (κ3) is 3.58. The third-order valence-electron chi connectivity index (χ3n) is 4.62. The predicted molar refractivity (Wildman–Crippen MR) is 106 cm³/mol. The Morgan fingerprint density at radius 3 is 2.77 bits per heavy atom. The first-order valence-electron chi connectivity index (χ1n) is 9.12. The maximum atomic E-state index is 13.3. The first kappa shape index (κ1) is 20.1. The van der Waals surface area contributed by atoms with Crippen LogP contribution in [-0.4, -0.2) is 27.3 Å². The van der Waals surface area contributed by atoms with Crippen molar-refractivity contribution < 1.29 is 22.7 Å². The highest BCUT2D eigenvalue weighted by molar-refractivity contribution is 7.13. The lowest BCUT2D eigenvalue weighted by Gasteiger charge is -2.28. The smallest absolute Gasteiger partial charge is 0.416 e. The highest BCUT2D eigenvalue weighted by Crippen LogP contribution is 2.39. The van der Waals surface area contributed by atoms with Crippen LogP contribution in [0.5, 0.6) is 0 Å². The number of benzene rings is 1. The number of fused-ring (bicyclic) bond motifs is 1. The van der Waals surface area contributed by atoms with Crippen molar-refractivity contribution in [2.24, 2.45) is 0 Å². The highest BCUT2D eigenvalue weighted by atomic mass is 32.1. The second-order valence-electron chi connectivity index (χ2n) is 6.59. The van der Waals surface area contributed by atoms with Crippen LogP contribution in [-0.2, 0) is 15.7 Å². The number of carbonyl (C=O) groups excluding carboxylic acids is 1. The van der Waals surface area contributed by atoms with Crippen molar-refractivity contribution in [3.63, 3.8) is 0 Å². The van der Waals surface area contributed by atoms with Crippen LogP contribution in [0.1, 0.15) is 31.0 Å². The number of nitrogens with zero attached hydrogens (tertiary/aromatic N) is 3. The van der Waals surface area contributed by atoms with Gasteiger partial charge in [0.05, 0.1) is 22.6 Å². The molecule has 0 amide bonds. The van der Waals surface area contributed by atoms with E-state index in [0.29, 0.717) is 17.5 Å².